The smallest absolute Gasteiger partial charge is 0.254 e. The van der Waals surface area contributed by atoms with E-state index in [0.29, 0.717) is 42.6 Å². The molecule has 0 bridgehead atoms. The zero-order valence-corrected chi connectivity index (χ0v) is 22.1. The molecule has 3 aliphatic rings. The van der Waals surface area contributed by atoms with Crippen LogP contribution in [0.4, 0.5) is 4.39 Å². The molecule has 3 amide bonds. The number of amidine groups is 1. The number of aliphatic imine (C=N–C) groups is 1. The van der Waals surface area contributed by atoms with Crippen molar-refractivity contribution in [3.05, 3.63) is 58.0 Å². The second-order valence-electron chi connectivity index (χ2n) is 9.52. The van der Waals surface area contributed by atoms with E-state index in [1.165, 1.54) is 30.8 Å². The van der Waals surface area contributed by atoms with Gasteiger partial charge in [0.25, 0.3) is 5.91 Å². The highest BCUT2D eigenvalue weighted by atomic mass is 32.2. The van der Waals surface area contributed by atoms with Crippen LogP contribution in [0.25, 0.3) is 0 Å². The van der Waals surface area contributed by atoms with E-state index < -0.39 is 6.04 Å². The molecule has 1 saturated heterocycles. The van der Waals surface area contributed by atoms with E-state index in [2.05, 4.69) is 0 Å². The van der Waals surface area contributed by atoms with E-state index in [9.17, 15) is 18.8 Å². The van der Waals surface area contributed by atoms with Crippen LogP contribution in [0.15, 0.2) is 51.6 Å². The van der Waals surface area contributed by atoms with Crippen molar-refractivity contribution in [2.75, 3.05) is 33.2 Å². The fourth-order valence-electron chi connectivity index (χ4n) is 4.57. The molecule has 1 fully saturated rings. The number of fused-ring (bicyclic) bond motifs is 1. The van der Waals surface area contributed by atoms with Gasteiger partial charge in [-0.25, -0.2) is 9.38 Å². The van der Waals surface area contributed by atoms with Crippen LogP contribution in [-0.4, -0.2) is 81.8 Å². The quantitative estimate of drug-likeness (QED) is 0.604. The first-order valence-electron chi connectivity index (χ1n) is 12.1. The molecule has 0 saturated carbocycles. The lowest BCUT2D eigenvalue weighted by molar-refractivity contribution is -0.138. The first-order valence-corrected chi connectivity index (χ1v) is 13.0. The second-order valence-corrected chi connectivity index (χ2v) is 10.4. The second kappa shape index (κ2) is 10.5. The highest BCUT2D eigenvalue weighted by Crippen LogP contribution is 2.45. The molecular weight excluding hydrogens is 481 g/mol. The molecule has 0 aliphatic carbocycles. The van der Waals surface area contributed by atoms with Gasteiger partial charge in [-0.1, -0.05) is 23.9 Å². The van der Waals surface area contributed by atoms with Crippen molar-refractivity contribution in [2.24, 2.45) is 4.99 Å². The van der Waals surface area contributed by atoms with Gasteiger partial charge in [-0.3, -0.25) is 14.4 Å². The summed E-state index contributed by atoms with van der Waals surface area (Å²) in [6.45, 7) is 9.26. The standard InChI is InChI=1S/C26H32FN5O3S/c1-16(2)29(5)25(35)23-17(3)28-26-32(24(23)19-6-8-20(27)9-7-19)21(15-36-26)14-22(34)31-12-10-30(11-13-31)18(4)33/h6-9,15-16,24H,10-14H2,1-5H3. The van der Waals surface area contributed by atoms with E-state index in [0.717, 1.165) is 11.3 Å². The van der Waals surface area contributed by atoms with Gasteiger partial charge in [0.05, 0.1) is 23.7 Å². The number of hydrogen-bond donors (Lipinski definition) is 0. The minimum absolute atomic E-state index is 0.0130. The first-order chi connectivity index (χ1) is 17.1. The van der Waals surface area contributed by atoms with Crippen LogP contribution in [0, 0.1) is 5.82 Å². The number of rotatable bonds is 5. The van der Waals surface area contributed by atoms with E-state index in [1.807, 2.05) is 31.1 Å². The summed E-state index contributed by atoms with van der Waals surface area (Å²) < 4.78 is 13.8. The van der Waals surface area contributed by atoms with Crippen molar-refractivity contribution in [1.82, 2.24) is 19.6 Å². The van der Waals surface area contributed by atoms with Crippen LogP contribution in [0.1, 0.15) is 45.7 Å². The molecule has 4 rings (SSSR count). The third-order valence-electron chi connectivity index (χ3n) is 6.92. The van der Waals surface area contributed by atoms with Gasteiger partial charge in [0.15, 0.2) is 5.17 Å². The number of amides is 3. The van der Waals surface area contributed by atoms with Crippen molar-refractivity contribution in [1.29, 1.82) is 0 Å². The molecule has 1 aromatic rings. The Labute approximate surface area is 215 Å². The van der Waals surface area contributed by atoms with Crippen molar-refractivity contribution >= 4 is 34.7 Å². The highest BCUT2D eigenvalue weighted by Gasteiger charge is 2.42. The average molecular weight is 514 g/mol. The Morgan fingerprint density at radius 3 is 2.31 bits per heavy atom. The van der Waals surface area contributed by atoms with E-state index in [4.69, 9.17) is 4.99 Å². The number of likely N-dealkylation sites (N-methyl/N-ethyl adjacent to an activating group) is 1. The van der Waals surface area contributed by atoms with Crippen LogP contribution >= 0.6 is 11.8 Å². The number of thioether (sulfide) groups is 1. The Balaban J connectivity index is 1.64. The molecule has 0 aromatic heterocycles. The average Bonchev–Trinajstić information content (AvgIpc) is 3.24. The molecule has 3 aliphatic heterocycles. The highest BCUT2D eigenvalue weighted by molar-refractivity contribution is 8.16. The zero-order valence-electron chi connectivity index (χ0n) is 21.3. The Kier molecular flexibility index (Phi) is 7.54. The maximum atomic E-state index is 13.8. The number of allylic oxidation sites excluding steroid dienone is 1. The third-order valence-corrected chi connectivity index (χ3v) is 7.81. The van der Waals surface area contributed by atoms with Gasteiger partial charge < -0.3 is 19.6 Å². The lowest BCUT2D eigenvalue weighted by Crippen LogP contribution is -2.50. The van der Waals surface area contributed by atoms with Crippen LogP contribution in [0.2, 0.25) is 0 Å². The summed E-state index contributed by atoms with van der Waals surface area (Å²) in [7, 11) is 1.76. The fourth-order valence-corrected chi connectivity index (χ4v) is 5.53. The predicted octanol–water partition coefficient (Wildman–Crippen LogP) is 3.35. The van der Waals surface area contributed by atoms with Gasteiger partial charge in [-0.05, 0) is 43.9 Å². The number of carbonyl (C=O) groups excluding carboxylic acids is 3. The molecule has 1 atom stereocenters. The monoisotopic (exact) mass is 513 g/mol. The summed E-state index contributed by atoms with van der Waals surface area (Å²) >= 11 is 1.42. The molecular formula is C26H32FN5O3S. The fraction of sp³-hybridized carbons (Fsp3) is 0.462. The van der Waals surface area contributed by atoms with Crippen LogP contribution < -0.4 is 0 Å². The molecule has 10 heteroatoms. The maximum Gasteiger partial charge on any atom is 0.254 e. The molecule has 0 spiro atoms. The van der Waals surface area contributed by atoms with E-state index >= 15 is 0 Å². The molecule has 3 heterocycles. The van der Waals surface area contributed by atoms with Gasteiger partial charge in [-0.2, -0.15) is 0 Å². The van der Waals surface area contributed by atoms with Crippen LogP contribution in [-0.2, 0) is 14.4 Å². The largest absolute Gasteiger partial charge is 0.339 e. The molecule has 192 valence electrons. The number of halogens is 1. The third kappa shape index (κ3) is 5.04. The van der Waals surface area contributed by atoms with Crippen LogP contribution in [0.3, 0.4) is 0 Å². The van der Waals surface area contributed by atoms with Gasteiger partial charge in [-0.15, -0.1) is 0 Å². The summed E-state index contributed by atoms with van der Waals surface area (Å²) in [6.07, 6.45) is 0.143. The lowest BCUT2D eigenvalue weighted by atomic mass is 9.92. The molecule has 1 unspecified atom stereocenters. The normalized spacial score (nSPS) is 19.9. The van der Waals surface area contributed by atoms with Crippen molar-refractivity contribution < 1.29 is 18.8 Å². The van der Waals surface area contributed by atoms with E-state index in [1.54, 1.807) is 33.9 Å². The van der Waals surface area contributed by atoms with Crippen molar-refractivity contribution in [3.63, 3.8) is 0 Å². The SMILES string of the molecule is CC(=O)N1CCN(C(=O)CC2=CSC3=NC(C)=C(C(=O)N(C)C(C)C)C(c4ccc(F)cc4)N23)CC1. The Bertz CT molecular complexity index is 1150. The summed E-state index contributed by atoms with van der Waals surface area (Å²) in [6, 6.07) is 5.59. The number of hydrogen-bond acceptors (Lipinski definition) is 6. The summed E-state index contributed by atoms with van der Waals surface area (Å²) in [5.41, 5.74) is 2.62. The Morgan fingerprint density at radius 1 is 1.11 bits per heavy atom. The Hall–Kier alpha value is -3.14. The molecule has 36 heavy (non-hydrogen) atoms. The van der Waals surface area contributed by atoms with Gasteiger partial charge >= 0.3 is 0 Å². The molecule has 0 N–H and O–H groups in total. The van der Waals surface area contributed by atoms with Gasteiger partial charge in [0.1, 0.15) is 5.82 Å². The lowest BCUT2D eigenvalue weighted by Gasteiger charge is -2.39. The van der Waals surface area contributed by atoms with Crippen molar-refractivity contribution in [3.8, 4) is 0 Å². The van der Waals surface area contributed by atoms with Crippen molar-refractivity contribution in [2.45, 2.75) is 46.2 Å². The van der Waals surface area contributed by atoms with Crippen LogP contribution in [0.5, 0.6) is 0 Å². The first kappa shape index (κ1) is 25.9. The van der Waals surface area contributed by atoms with E-state index in [-0.39, 0.29) is 36.0 Å². The summed E-state index contributed by atoms with van der Waals surface area (Å²) in [4.78, 5) is 50.3. The Morgan fingerprint density at radius 2 is 1.72 bits per heavy atom. The summed E-state index contributed by atoms with van der Waals surface area (Å²) in [5, 5.41) is 2.60. The molecule has 0 radical (unpaired) electrons. The van der Waals surface area contributed by atoms with Gasteiger partial charge in [0.2, 0.25) is 11.8 Å². The van der Waals surface area contributed by atoms with Gasteiger partial charge in [0, 0.05) is 51.9 Å². The minimum Gasteiger partial charge on any atom is -0.339 e. The number of carbonyl (C=O) groups is 3. The maximum absolute atomic E-state index is 13.8. The number of benzene rings is 1. The minimum atomic E-state index is -0.532. The number of piperazine rings is 1. The topological polar surface area (TPSA) is 76.5 Å². The molecule has 1 aromatic carbocycles. The number of nitrogens with zero attached hydrogens (tertiary/aromatic N) is 5. The predicted molar refractivity (Wildman–Crippen MR) is 138 cm³/mol. The zero-order chi connectivity index (χ0) is 26.1. The molecule has 8 nitrogen and oxygen atoms in total. The summed E-state index contributed by atoms with van der Waals surface area (Å²) in [5.74, 6) is -0.535.